The van der Waals surface area contributed by atoms with E-state index in [1.54, 1.807) is 0 Å². The van der Waals surface area contributed by atoms with Crippen LogP contribution in [-0.4, -0.2) is 16.0 Å². The molecule has 102 valence electrons. The number of aromatic amines is 1. The van der Waals surface area contributed by atoms with Crippen LogP contribution >= 0.6 is 0 Å². The van der Waals surface area contributed by atoms with Crippen LogP contribution in [0, 0.1) is 0 Å². The predicted molar refractivity (Wildman–Crippen MR) is 80.0 cm³/mol. The largest absolute Gasteiger partial charge is 0.341 e. The summed E-state index contributed by atoms with van der Waals surface area (Å²) in [7, 11) is 0. The molecule has 0 amide bonds. The summed E-state index contributed by atoms with van der Waals surface area (Å²) in [6.07, 6.45) is 4.24. The number of benzene rings is 1. The van der Waals surface area contributed by atoms with Crippen molar-refractivity contribution in [3.8, 4) is 11.3 Å². The lowest BCUT2D eigenvalue weighted by Gasteiger charge is -2.05. The quantitative estimate of drug-likeness (QED) is 0.831. The molecule has 2 rings (SSSR count). The van der Waals surface area contributed by atoms with Crippen molar-refractivity contribution >= 4 is 0 Å². The highest BCUT2D eigenvalue weighted by Crippen LogP contribution is 2.18. The van der Waals surface area contributed by atoms with Crippen molar-refractivity contribution in [1.82, 2.24) is 15.3 Å². The SMILES string of the molecule is CCCc1ccc(-c2cnc(CNC(C)C)[nH]2)cc1. The van der Waals surface area contributed by atoms with Crippen molar-refractivity contribution in [2.75, 3.05) is 0 Å². The van der Waals surface area contributed by atoms with E-state index in [2.05, 4.69) is 60.3 Å². The molecule has 0 radical (unpaired) electrons. The summed E-state index contributed by atoms with van der Waals surface area (Å²) < 4.78 is 0. The highest BCUT2D eigenvalue weighted by molar-refractivity contribution is 5.58. The minimum Gasteiger partial charge on any atom is -0.341 e. The fourth-order valence-corrected chi connectivity index (χ4v) is 2.04. The Kier molecular flexibility index (Phi) is 4.74. The van der Waals surface area contributed by atoms with Crippen LogP contribution in [0.2, 0.25) is 0 Å². The molecule has 0 atom stereocenters. The molecule has 1 aromatic carbocycles. The molecule has 0 unspecified atom stereocenters. The van der Waals surface area contributed by atoms with Gasteiger partial charge in [0.05, 0.1) is 18.4 Å². The highest BCUT2D eigenvalue weighted by Gasteiger charge is 2.04. The predicted octanol–water partition coefficient (Wildman–Crippen LogP) is 3.53. The van der Waals surface area contributed by atoms with E-state index in [1.807, 2.05) is 6.20 Å². The number of H-pyrrole nitrogens is 1. The van der Waals surface area contributed by atoms with Crippen LogP contribution in [0.4, 0.5) is 0 Å². The Morgan fingerprint density at radius 3 is 2.58 bits per heavy atom. The van der Waals surface area contributed by atoms with Crippen LogP contribution in [-0.2, 0) is 13.0 Å². The molecule has 0 saturated carbocycles. The summed E-state index contributed by atoms with van der Waals surface area (Å²) in [6, 6.07) is 9.20. The molecule has 0 aliphatic rings. The van der Waals surface area contributed by atoms with E-state index >= 15 is 0 Å². The maximum Gasteiger partial charge on any atom is 0.120 e. The zero-order valence-electron chi connectivity index (χ0n) is 12.0. The molecular weight excluding hydrogens is 234 g/mol. The van der Waals surface area contributed by atoms with E-state index in [-0.39, 0.29) is 0 Å². The van der Waals surface area contributed by atoms with E-state index < -0.39 is 0 Å². The first-order valence-corrected chi connectivity index (χ1v) is 7.05. The lowest BCUT2D eigenvalue weighted by Crippen LogP contribution is -2.22. The van der Waals surface area contributed by atoms with Gasteiger partial charge in [0.25, 0.3) is 0 Å². The van der Waals surface area contributed by atoms with Crippen molar-refractivity contribution in [1.29, 1.82) is 0 Å². The number of hydrogen-bond donors (Lipinski definition) is 2. The van der Waals surface area contributed by atoms with Crippen molar-refractivity contribution in [3.63, 3.8) is 0 Å². The molecule has 19 heavy (non-hydrogen) atoms. The molecule has 2 aromatic rings. The number of nitrogens with zero attached hydrogens (tertiary/aromatic N) is 1. The molecule has 3 heteroatoms. The van der Waals surface area contributed by atoms with E-state index in [9.17, 15) is 0 Å². The minimum absolute atomic E-state index is 0.474. The summed E-state index contributed by atoms with van der Waals surface area (Å²) in [5.41, 5.74) is 3.68. The topological polar surface area (TPSA) is 40.7 Å². The highest BCUT2D eigenvalue weighted by atomic mass is 15.0. The van der Waals surface area contributed by atoms with E-state index in [4.69, 9.17) is 0 Å². The van der Waals surface area contributed by atoms with Crippen LogP contribution in [0.25, 0.3) is 11.3 Å². The first-order chi connectivity index (χ1) is 9.19. The third kappa shape index (κ3) is 3.93. The third-order valence-corrected chi connectivity index (χ3v) is 3.11. The molecule has 1 heterocycles. The van der Waals surface area contributed by atoms with Gasteiger partial charge in [-0.2, -0.15) is 0 Å². The lowest BCUT2D eigenvalue weighted by atomic mass is 10.1. The van der Waals surface area contributed by atoms with Crippen molar-refractivity contribution in [2.45, 2.75) is 46.2 Å². The van der Waals surface area contributed by atoms with E-state index in [1.165, 1.54) is 17.5 Å². The summed E-state index contributed by atoms with van der Waals surface area (Å²) in [4.78, 5) is 7.77. The Hall–Kier alpha value is -1.61. The fraction of sp³-hybridized carbons (Fsp3) is 0.438. The Morgan fingerprint density at radius 1 is 1.21 bits per heavy atom. The molecule has 0 aliphatic heterocycles. The third-order valence-electron chi connectivity index (χ3n) is 3.11. The summed E-state index contributed by atoms with van der Waals surface area (Å²) in [6.45, 7) is 7.26. The summed E-state index contributed by atoms with van der Waals surface area (Å²) in [5.74, 6) is 0.987. The Bertz CT molecular complexity index is 497. The van der Waals surface area contributed by atoms with E-state index in [0.29, 0.717) is 6.04 Å². The Labute approximate surface area is 115 Å². The average molecular weight is 257 g/mol. The van der Waals surface area contributed by atoms with Gasteiger partial charge in [0, 0.05) is 6.04 Å². The molecule has 2 N–H and O–H groups in total. The average Bonchev–Trinajstić information content (AvgIpc) is 2.86. The van der Waals surface area contributed by atoms with Crippen molar-refractivity contribution in [2.24, 2.45) is 0 Å². The molecule has 0 aliphatic carbocycles. The molecular formula is C16H23N3. The van der Waals surface area contributed by atoms with Crippen LogP contribution in [0.5, 0.6) is 0 Å². The second-order valence-electron chi connectivity index (χ2n) is 5.23. The molecule has 0 spiro atoms. The van der Waals surface area contributed by atoms with Gasteiger partial charge in [0.2, 0.25) is 0 Å². The number of aryl methyl sites for hydroxylation is 1. The van der Waals surface area contributed by atoms with Crippen LogP contribution in [0.1, 0.15) is 38.6 Å². The molecule has 1 aromatic heterocycles. The minimum atomic E-state index is 0.474. The molecule has 0 fully saturated rings. The van der Waals surface area contributed by atoms with Crippen LogP contribution in [0.3, 0.4) is 0 Å². The maximum absolute atomic E-state index is 4.41. The van der Waals surface area contributed by atoms with Gasteiger partial charge in [0.1, 0.15) is 5.82 Å². The number of aromatic nitrogens is 2. The van der Waals surface area contributed by atoms with Gasteiger partial charge in [-0.05, 0) is 17.5 Å². The lowest BCUT2D eigenvalue weighted by molar-refractivity contribution is 0.575. The smallest absolute Gasteiger partial charge is 0.120 e. The second-order valence-corrected chi connectivity index (χ2v) is 5.23. The first kappa shape index (κ1) is 13.8. The normalized spacial score (nSPS) is 11.2. The van der Waals surface area contributed by atoms with Crippen molar-refractivity contribution < 1.29 is 0 Å². The van der Waals surface area contributed by atoms with Gasteiger partial charge in [-0.15, -0.1) is 0 Å². The van der Waals surface area contributed by atoms with Gasteiger partial charge in [-0.25, -0.2) is 4.98 Å². The second kappa shape index (κ2) is 6.53. The Balaban J connectivity index is 2.05. The number of rotatable bonds is 6. The van der Waals surface area contributed by atoms with Crippen LogP contribution in [0.15, 0.2) is 30.5 Å². The number of imidazole rings is 1. The van der Waals surface area contributed by atoms with Gasteiger partial charge >= 0.3 is 0 Å². The van der Waals surface area contributed by atoms with E-state index in [0.717, 1.165) is 24.5 Å². The number of nitrogens with one attached hydrogen (secondary N) is 2. The summed E-state index contributed by atoms with van der Waals surface area (Å²) >= 11 is 0. The number of hydrogen-bond acceptors (Lipinski definition) is 2. The first-order valence-electron chi connectivity index (χ1n) is 7.05. The van der Waals surface area contributed by atoms with Crippen molar-refractivity contribution in [3.05, 3.63) is 41.9 Å². The van der Waals surface area contributed by atoms with Gasteiger partial charge in [0.15, 0.2) is 0 Å². The standard InChI is InChI=1S/C16H23N3/c1-4-5-13-6-8-14(9-7-13)15-10-18-16(19-15)11-17-12(2)3/h6-10,12,17H,4-5,11H2,1-3H3,(H,18,19). The molecule has 0 saturated heterocycles. The van der Waals surface area contributed by atoms with Gasteiger partial charge < -0.3 is 10.3 Å². The monoisotopic (exact) mass is 257 g/mol. The fourth-order valence-electron chi connectivity index (χ4n) is 2.04. The Morgan fingerprint density at radius 2 is 1.95 bits per heavy atom. The molecule has 0 bridgehead atoms. The van der Waals surface area contributed by atoms with Crippen LogP contribution < -0.4 is 5.32 Å². The zero-order chi connectivity index (χ0) is 13.7. The molecule has 3 nitrogen and oxygen atoms in total. The maximum atomic E-state index is 4.41. The summed E-state index contributed by atoms with van der Waals surface area (Å²) in [5, 5.41) is 3.36. The van der Waals surface area contributed by atoms with Gasteiger partial charge in [-0.1, -0.05) is 51.5 Å². The zero-order valence-corrected chi connectivity index (χ0v) is 12.0. The van der Waals surface area contributed by atoms with Gasteiger partial charge in [-0.3, -0.25) is 0 Å².